The molecule has 1 heterocycles. The average Bonchev–Trinajstić information content (AvgIpc) is 2.87. The lowest BCUT2D eigenvalue weighted by Crippen LogP contribution is -2.32. The quantitative estimate of drug-likeness (QED) is 0.741. The number of amides is 2. The Balaban J connectivity index is 2.18. The molecule has 26 heavy (non-hydrogen) atoms. The van der Waals surface area contributed by atoms with Crippen molar-refractivity contribution in [2.24, 2.45) is 0 Å². The maximum Gasteiger partial charge on any atom is 0.272 e. The molecule has 7 heteroatoms. The summed E-state index contributed by atoms with van der Waals surface area (Å²) in [5.41, 5.74) is 0.158. The number of hydrogen-bond donors (Lipinski definition) is 0. The number of benzene rings is 2. The summed E-state index contributed by atoms with van der Waals surface area (Å²) < 4.78 is 33.1. The molecule has 134 valence electrons. The minimum Gasteiger partial charge on any atom is -0.496 e. The standard InChI is InChI=1S/C19H15F2NO3S/c1-3-26-17-16(12-6-4-5-7-15(12)25-2)18(23)22(19(17)24)14-10-11(20)8-9-13(14)21/h4-10H,3H2,1-2H3. The molecule has 0 aliphatic carbocycles. The Morgan fingerprint density at radius 3 is 2.50 bits per heavy atom. The third-order valence-corrected chi connectivity index (χ3v) is 4.81. The summed E-state index contributed by atoms with van der Waals surface area (Å²) in [5.74, 6) is -2.02. The number of halogens is 2. The molecule has 4 nitrogen and oxygen atoms in total. The van der Waals surface area contributed by atoms with Gasteiger partial charge >= 0.3 is 0 Å². The third kappa shape index (κ3) is 2.99. The highest BCUT2D eigenvalue weighted by Crippen LogP contribution is 2.41. The fraction of sp³-hybridized carbons (Fsp3) is 0.158. The van der Waals surface area contributed by atoms with Crippen LogP contribution in [0.5, 0.6) is 5.75 Å². The fourth-order valence-electron chi connectivity index (χ4n) is 2.75. The van der Waals surface area contributed by atoms with Gasteiger partial charge in [0, 0.05) is 11.6 Å². The van der Waals surface area contributed by atoms with Crippen LogP contribution in [0.25, 0.3) is 5.57 Å². The largest absolute Gasteiger partial charge is 0.496 e. The Hall–Kier alpha value is -2.67. The number of hydrogen-bond acceptors (Lipinski definition) is 4. The molecule has 0 aromatic heterocycles. The van der Waals surface area contributed by atoms with E-state index in [1.54, 1.807) is 24.3 Å². The van der Waals surface area contributed by atoms with E-state index >= 15 is 0 Å². The summed E-state index contributed by atoms with van der Waals surface area (Å²) in [5, 5.41) is 0. The number of methoxy groups -OCH3 is 1. The summed E-state index contributed by atoms with van der Waals surface area (Å²) in [6, 6.07) is 9.42. The second kappa shape index (κ2) is 7.29. The molecule has 2 amide bonds. The smallest absolute Gasteiger partial charge is 0.272 e. The first-order valence-corrected chi connectivity index (χ1v) is 8.82. The van der Waals surface area contributed by atoms with Gasteiger partial charge in [-0.15, -0.1) is 11.8 Å². The lowest BCUT2D eigenvalue weighted by Gasteiger charge is -2.16. The molecule has 0 fully saturated rings. The van der Waals surface area contributed by atoms with Crippen LogP contribution >= 0.6 is 11.8 Å². The van der Waals surface area contributed by atoms with E-state index in [9.17, 15) is 18.4 Å². The van der Waals surface area contributed by atoms with Gasteiger partial charge in [0.25, 0.3) is 11.8 Å². The van der Waals surface area contributed by atoms with Gasteiger partial charge in [-0.1, -0.05) is 25.1 Å². The molecule has 0 unspecified atom stereocenters. The fourth-order valence-corrected chi connectivity index (χ4v) is 3.60. The number of anilines is 1. The minimum absolute atomic E-state index is 0.128. The van der Waals surface area contributed by atoms with Crippen LogP contribution in [0.1, 0.15) is 12.5 Å². The van der Waals surface area contributed by atoms with Crippen LogP contribution in [-0.2, 0) is 9.59 Å². The predicted molar refractivity (Wildman–Crippen MR) is 96.9 cm³/mol. The van der Waals surface area contributed by atoms with Gasteiger partial charge in [0.2, 0.25) is 0 Å². The Labute approximate surface area is 153 Å². The zero-order valence-electron chi connectivity index (χ0n) is 14.1. The zero-order valence-corrected chi connectivity index (χ0v) is 14.9. The number of thioether (sulfide) groups is 1. The van der Waals surface area contributed by atoms with Gasteiger partial charge in [-0.25, -0.2) is 13.7 Å². The van der Waals surface area contributed by atoms with Crippen molar-refractivity contribution >= 4 is 34.8 Å². The summed E-state index contributed by atoms with van der Waals surface area (Å²) in [4.78, 5) is 26.7. The van der Waals surface area contributed by atoms with Gasteiger partial charge in [-0.3, -0.25) is 9.59 Å². The van der Waals surface area contributed by atoms with Crippen LogP contribution < -0.4 is 9.64 Å². The SMILES string of the molecule is CCSC1=C(c2ccccc2OC)C(=O)N(c2cc(F)ccc2F)C1=O. The van der Waals surface area contributed by atoms with Gasteiger partial charge in [0.15, 0.2) is 0 Å². The van der Waals surface area contributed by atoms with Crippen LogP contribution in [0.15, 0.2) is 47.4 Å². The van der Waals surface area contributed by atoms with E-state index in [1.807, 2.05) is 6.92 Å². The first kappa shape index (κ1) is 18.1. The maximum absolute atomic E-state index is 14.2. The summed E-state index contributed by atoms with van der Waals surface area (Å²) >= 11 is 1.18. The lowest BCUT2D eigenvalue weighted by atomic mass is 10.0. The molecular formula is C19H15F2NO3S. The molecule has 1 aliphatic heterocycles. The number of imide groups is 1. The first-order valence-electron chi connectivity index (χ1n) is 7.83. The van der Waals surface area contributed by atoms with Crippen LogP contribution in [0.4, 0.5) is 14.5 Å². The second-order valence-electron chi connectivity index (χ2n) is 5.38. The van der Waals surface area contributed by atoms with Crippen LogP contribution in [0.3, 0.4) is 0 Å². The second-order valence-corrected chi connectivity index (χ2v) is 6.65. The van der Waals surface area contributed by atoms with Crippen molar-refractivity contribution in [2.45, 2.75) is 6.92 Å². The first-order chi connectivity index (χ1) is 12.5. The molecule has 2 aromatic carbocycles. The van der Waals surface area contributed by atoms with Gasteiger partial charge in [-0.05, 0) is 24.0 Å². The van der Waals surface area contributed by atoms with Crippen molar-refractivity contribution < 1.29 is 23.1 Å². The highest BCUT2D eigenvalue weighted by Gasteiger charge is 2.42. The number of carbonyl (C=O) groups is 2. The normalized spacial score (nSPS) is 14.4. The maximum atomic E-state index is 14.2. The van der Waals surface area contributed by atoms with Crippen molar-refractivity contribution in [2.75, 3.05) is 17.8 Å². The van der Waals surface area contributed by atoms with Crippen molar-refractivity contribution in [3.63, 3.8) is 0 Å². The summed E-state index contributed by atoms with van der Waals surface area (Å²) in [6.45, 7) is 1.83. The number of rotatable bonds is 5. The molecular weight excluding hydrogens is 360 g/mol. The van der Waals surface area contributed by atoms with Crippen molar-refractivity contribution in [3.05, 3.63) is 64.6 Å². The highest BCUT2D eigenvalue weighted by atomic mass is 32.2. The van der Waals surface area contributed by atoms with E-state index in [4.69, 9.17) is 4.74 Å². The summed E-state index contributed by atoms with van der Waals surface area (Å²) in [7, 11) is 1.46. The Morgan fingerprint density at radius 1 is 1.08 bits per heavy atom. The molecule has 1 aliphatic rings. The van der Waals surface area contributed by atoms with Crippen molar-refractivity contribution in [1.82, 2.24) is 0 Å². The van der Waals surface area contributed by atoms with Crippen LogP contribution in [0, 0.1) is 11.6 Å². The van der Waals surface area contributed by atoms with Crippen molar-refractivity contribution in [3.8, 4) is 5.75 Å². The molecule has 0 saturated heterocycles. The number of ether oxygens (including phenoxy) is 1. The van der Waals surface area contributed by atoms with E-state index in [1.165, 1.54) is 18.9 Å². The number of para-hydroxylation sites is 1. The van der Waals surface area contributed by atoms with E-state index in [-0.39, 0.29) is 10.5 Å². The minimum atomic E-state index is -0.852. The van der Waals surface area contributed by atoms with Crippen molar-refractivity contribution in [1.29, 1.82) is 0 Å². The Morgan fingerprint density at radius 2 is 1.81 bits per heavy atom. The van der Waals surface area contributed by atoms with Gasteiger partial charge in [-0.2, -0.15) is 0 Å². The molecule has 0 radical (unpaired) electrons. The number of carbonyl (C=O) groups excluding carboxylic acids is 2. The molecule has 2 aromatic rings. The van der Waals surface area contributed by atoms with E-state index in [0.29, 0.717) is 22.0 Å². The molecule has 0 bridgehead atoms. The van der Waals surface area contributed by atoms with Gasteiger partial charge < -0.3 is 4.74 Å². The van der Waals surface area contributed by atoms with E-state index in [2.05, 4.69) is 0 Å². The molecule has 0 atom stereocenters. The Kier molecular flexibility index (Phi) is 5.08. The molecule has 3 rings (SSSR count). The predicted octanol–water partition coefficient (Wildman–Crippen LogP) is 4.01. The zero-order chi connectivity index (χ0) is 18.8. The molecule has 0 saturated carbocycles. The van der Waals surface area contributed by atoms with Crippen LogP contribution in [0.2, 0.25) is 0 Å². The van der Waals surface area contributed by atoms with E-state index in [0.717, 1.165) is 18.2 Å². The van der Waals surface area contributed by atoms with Gasteiger partial charge in [0.05, 0.1) is 23.3 Å². The lowest BCUT2D eigenvalue weighted by molar-refractivity contribution is -0.119. The monoisotopic (exact) mass is 375 g/mol. The molecule has 0 N–H and O–H groups in total. The highest BCUT2D eigenvalue weighted by molar-refractivity contribution is 8.04. The number of nitrogens with zero attached hydrogens (tertiary/aromatic N) is 1. The summed E-state index contributed by atoms with van der Waals surface area (Å²) in [6.07, 6.45) is 0. The average molecular weight is 375 g/mol. The van der Waals surface area contributed by atoms with Gasteiger partial charge in [0.1, 0.15) is 17.4 Å². The van der Waals surface area contributed by atoms with Crippen LogP contribution in [-0.4, -0.2) is 24.7 Å². The third-order valence-electron chi connectivity index (χ3n) is 3.86. The molecule has 0 spiro atoms. The Bertz CT molecular complexity index is 927. The van der Waals surface area contributed by atoms with E-state index < -0.39 is 29.1 Å². The topological polar surface area (TPSA) is 46.6 Å².